The van der Waals surface area contributed by atoms with E-state index >= 15 is 0 Å². The quantitative estimate of drug-likeness (QED) is 0.832. The van der Waals surface area contributed by atoms with Gasteiger partial charge >= 0.3 is 0 Å². The van der Waals surface area contributed by atoms with Gasteiger partial charge in [0.15, 0.2) is 0 Å². The van der Waals surface area contributed by atoms with Crippen molar-refractivity contribution in [3.8, 4) is 0 Å². The first-order valence-corrected chi connectivity index (χ1v) is 5.52. The Morgan fingerprint density at radius 1 is 1.19 bits per heavy atom. The topological polar surface area (TPSA) is 35.5 Å². The van der Waals surface area contributed by atoms with Crippen LogP contribution in [-0.4, -0.2) is 42.8 Å². The zero-order valence-electron chi connectivity index (χ0n) is 9.30. The molecule has 0 saturated carbocycles. The second kappa shape index (κ2) is 6.86. The van der Waals surface area contributed by atoms with Crippen LogP contribution >= 0.6 is 12.4 Å². The van der Waals surface area contributed by atoms with Gasteiger partial charge in [-0.25, -0.2) is 0 Å². The lowest BCUT2D eigenvalue weighted by atomic mass is 10.1. The molecule has 1 heterocycles. The summed E-state index contributed by atoms with van der Waals surface area (Å²) in [6, 6.07) is 10.4. The fourth-order valence-electron chi connectivity index (χ4n) is 2.10. The normalized spacial score (nSPS) is 18.8. The zero-order chi connectivity index (χ0) is 10.5. The summed E-state index contributed by atoms with van der Waals surface area (Å²) in [4.78, 5) is 2.34. The Morgan fingerprint density at radius 3 is 2.38 bits per heavy atom. The van der Waals surface area contributed by atoms with Crippen molar-refractivity contribution in [1.82, 2.24) is 10.2 Å². The summed E-state index contributed by atoms with van der Waals surface area (Å²) in [5, 5.41) is 12.8. The van der Waals surface area contributed by atoms with Crippen molar-refractivity contribution < 1.29 is 5.11 Å². The Balaban J connectivity index is 0.00000128. The molecule has 0 aromatic heterocycles. The number of rotatable bonds is 3. The van der Waals surface area contributed by atoms with Crippen molar-refractivity contribution in [3.63, 3.8) is 0 Å². The molecule has 16 heavy (non-hydrogen) atoms. The molecule has 1 aliphatic heterocycles. The van der Waals surface area contributed by atoms with Crippen LogP contribution in [0.25, 0.3) is 0 Å². The highest BCUT2D eigenvalue weighted by molar-refractivity contribution is 5.85. The maximum absolute atomic E-state index is 9.47. The highest BCUT2D eigenvalue weighted by atomic mass is 35.5. The van der Waals surface area contributed by atoms with Crippen molar-refractivity contribution >= 4 is 12.4 Å². The molecule has 1 aromatic rings. The van der Waals surface area contributed by atoms with E-state index in [9.17, 15) is 5.11 Å². The summed E-state index contributed by atoms with van der Waals surface area (Å²) in [7, 11) is 0. The highest BCUT2D eigenvalue weighted by Crippen LogP contribution is 2.19. The van der Waals surface area contributed by atoms with E-state index in [-0.39, 0.29) is 25.1 Å². The third kappa shape index (κ3) is 3.19. The van der Waals surface area contributed by atoms with E-state index in [4.69, 9.17) is 0 Å². The number of aliphatic hydroxyl groups is 1. The van der Waals surface area contributed by atoms with Gasteiger partial charge in [-0.05, 0) is 5.56 Å². The van der Waals surface area contributed by atoms with Crippen LogP contribution in [0.5, 0.6) is 0 Å². The molecule has 4 heteroatoms. The molecule has 0 spiro atoms. The molecule has 0 unspecified atom stereocenters. The number of nitrogens with zero attached hydrogens (tertiary/aromatic N) is 1. The predicted molar refractivity (Wildman–Crippen MR) is 68.0 cm³/mol. The third-order valence-corrected chi connectivity index (χ3v) is 2.95. The van der Waals surface area contributed by atoms with E-state index in [1.807, 2.05) is 18.2 Å². The van der Waals surface area contributed by atoms with Crippen LogP contribution in [0.3, 0.4) is 0 Å². The zero-order valence-corrected chi connectivity index (χ0v) is 10.1. The van der Waals surface area contributed by atoms with E-state index < -0.39 is 0 Å². The first-order valence-electron chi connectivity index (χ1n) is 5.52. The fraction of sp³-hybridized carbons (Fsp3) is 0.500. The molecule has 1 aliphatic rings. The number of hydrogen-bond acceptors (Lipinski definition) is 3. The van der Waals surface area contributed by atoms with Gasteiger partial charge in [-0.3, -0.25) is 4.90 Å². The average molecular weight is 243 g/mol. The summed E-state index contributed by atoms with van der Waals surface area (Å²) in [6.45, 7) is 4.26. The Bertz CT molecular complexity index is 288. The monoisotopic (exact) mass is 242 g/mol. The van der Waals surface area contributed by atoms with Gasteiger partial charge in [-0.1, -0.05) is 30.3 Å². The Morgan fingerprint density at radius 2 is 1.81 bits per heavy atom. The Labute approximate surface area is 103 Å². The maximum Gasteiger partial charge on any atom is 0.0628 e. The molecule has 1 fully saturated rings. The number of halogens is 1. The van der Waals surface area contributed by atoms with E-state index in [0.717, 1.165) is 26.2 Å². The predicted octanol–water partition coefficient (Wildman–Crippen LogP) is 1.05. The molecule has 0 bridgehead atoms. The first-order chi connectivity index (χ1) is 7.42. The van der Waals surface area contributed by atoms with Crippen LogP contribution in [-0.2, 0) is 0 Å². The van der Waals surface area contributed by atoms with E-state index in [1.54, 1.807) is 0 Å². The van der Waals surface area contributed by atoms with E-state index in [0.29, 0.717) is 0 Å². The summed E-state index contributed by atoms with van der Waals surface area (Å²) < 4.78 is 0. The SMILES string of the molecule is Cl.OC[C@@H](c1ccccc1)N1CCNCC1. The van der Waals surface area contributed by atoms with Gasteiger partial charge < -0.3 is 10.4 Å². The molecular weight excluding hydrogens is 224 g/mol. The largest absolute Gasteiger partial charge is 0.394 e. The average Bonchev–Trinajstić information content (AvgIpc) is 2.33. The van der Waals surface area contributed by atoms with Crippen LogP contribution in [0, 0.1) is 0 Å². The number of nitrogens with one attached hydrogen (secondary N) is 1. The van der Waals surface area contributed by atoms with Crippen LogP contribution in [0.1, 0.15) is 11.6 Å². The number of benzene rings is 1. The maximum atomic E-state index is 9.47. The van der Waals surface area contributed by atoms with Gasteiger partial charge in [-0.15, -0.1) is 12.4 Å². The lowest BCUT2D eigenvalue weighted by molar-refractivity contribution is 0.111. The molecule has 2 N–H and O–H groups in total. The van der Waals surface area contributed by atoms with Crippen LogP contribution in [0.15, 0.2) is 30.3 Å². The first kappa shape index (κ1) is 13.5. The van der Waals surface area contributed by atoms with Crippen molar-refractivity contribution in [2.75, 3.05) is 32.8 Å². The lowest BCUT2D eigenvalue weighted by Gasteiger charge is -2.34. The second-order valence-corrected chi connectivity index (χ2v) is 3.90. The number of hydrogen-bond donors (Lipinski definition) is 2. The molecule has 0 amide bonds. The molecule has 0 aliphatic carbocycles. The van der Waals surface area contributed by atoms with Crippen LogP contribution in [0.4, 0.5) is 0 Å². The number of piperazine rings is 1. The van der Waals surface area contributed by atoms with Gasteiger partial charge in [0, 0.05) is 26.2 Å². The van der Waals surface area contributed by atoms with Crippen molar-refractivity contribution in [1.29, 1.82) is 0 Å². The summed E-state index contributed by atoms with van der Waals surface area (Å²) in [5.74, 6) is 0. The molecule has 90 valence electrons. The molecule has 1 saturated heterocycles. The Kier molecular flexibility index (Phi) is 5.77. The van der Waals surface area contributed by atoms with Crippen LogP contribution in [0.2, 0.25) is 0 Å². The smallest absolute Gasteiger partial charge is 0.0628 e. The minimum atomic E-state index is 0. The van der Waals surface area contributed by atoms with Gasteiger partial charge in [0.05, 0.1) is 12.6 Å². The molecule has 1 atom stereocenters. The van der Waals surface area contributed by atoms with Crippen molar-refractivity contribution in [2.45, 2.75) is 6.04 Å². The van der Waals surface area contributed by atoms with Gasteiger partial charge in [-0.2, -0.15) is 0 Å². The molecule has 2 rings (SSSR count). The van der Waals surface area contributed by atoms with Crippen molar-refractivity contribution in [3.05, 3.63) is 35.9 Å². The highest BCUT2D eigenvalue weighted by Gasteiger charge is 2.20. The fourth-order valence-corrected chi connectivity index (χ4v) is 2.10. The minimum Gasteiger partial charge on any atom is -0.394 e. The van der Waals surface area contributed by atoms with Gasteiger partial charge in [0.1, 0.15) is 0 Å². The van der Waals surface area contributed by atoms with Crippen molar-refractivity contribution in [2.24, 2.45) is 0 Å². The standard InChI is InChI=1S/C12H18N2O.ClH/c15-10-12(11-4-2-1-3-5-11)14-8-6-13-7-9-14;/h1-5,12-13,15H,6-10H2;1H/t12-;/m0./s1. The molecule has 3 nitrogen and oxygen atoms in total. The van der Waals surface area contributed by atoms with E-state index in [1.165, 1.54) is 5.56 Å². The van der Waals surface area contributed by atoms with Gasteiger partial charge in [0.25, 0.3) is 0 Å². The lowest BCUT2D eigenvalue weighted by Crippen LogP contribution is -2.46. The van der Waals surface area contributed by atoms with E-state index in [2.05, 4.69) is 22.3 Å². The third-order valence-electron chi connectivity index (χ3n) is 2.95. The Hall–Kier alpha value is -0.610. The van der Waals surface area contributed by atoms with Crippen LogP contribution < -0.4 is 5.32 Å². The summed E-state index contributed by atoms with van der Waals surface area (Å²) in [6.07, 6.45) is 0. The summed E-state index contributed by atoms with van der Waals surface area (Å²) >= 11 is 0. The number of aliphatic hydroxyl groups excluding tert-OH is 1. The molecule has 0 radical (unpaired) electrons. The molecular formula is C12H19ClN2O. The minimum absolute atomic E-state index is 0. The summed E-state index contributed by atoms with van der Waals surface area (Å²) in [5.41, 5.74) is 1.21. The second-order valence-electron chi connectivity index (χ2n) is 3.90. The molecule has 1 aromatic carbocycles. The van der Waals surface area contributed by atoms with Gasteiger partial charge in [0.2, 0.25) is 0 Å².